The fourth-order valence-corrected chi connectivity index (χ4v) is 1.92. The van der Waals surface area contributed by atoms with Gasteiger partial charge in [-0.1, -0.05) is 30.3 Å². The Balaban J connectivity index is 1.78. The second-order valence-corrected chi connectivity index (χ2v) is 4.52. The number of aryl methyl sites for hydroxylation is 1. The van der Waals surface area contributed by atoms with Crippen LogP contribution >= 0.6 is 0 Å². The predicted molar refractivity (Wildman–Crippen MR) is 75.8 cm³/mol. The van der Waals surface area contributed by atoms with E-state index >= 15 is 0 Å². The van der Waals surface area contributed by atoms with E-state index in [0.29, 0.717) is 13.0 Å². The van der Waals surface area contributed by atoms with Gasteiger partial charge in [0.15, 0.2) is 0 Å². The largest absolute Gasteiger partial charge is 0.355 e. The van der Waals surface area contributed by atoms with Crippen LogP contribution in [-0.2, 0) is 17.6 Å². The van der Waals surface area contributed by atoms with Crippen LogP contribution in [0.25, 0.3) is 0 Å². The summed E-state index contributed by atoms with van der Waals surface area (Å²) >= 11 is 0. The molecule has 0 aliphatic carbocycles. The van der Waals surface area contributed by atoms with Gasteiger partial charge in [0.1, 0.15) is 0 Å². The molecule has 1 aromatic carbocycles. The lowest BCUT2D eigenvalue weighted by molar-refractivity contribution is -0.120. The van der Waals surface area contributed by atoms with Gasteiger partial charge in [-0.2, -0.15) is 0 Å². The van der Waals surface area contributed by atoms with Crippen molar-refractivity contribution >= 4 is 5.91 Å². The van der Waals surface area contributed by atoms with Crippen molar-refractivity contribution in [3.8, 4) is 0 Å². The molecule has 1 heterocycles. The first-order chi connectivity index (χ1) is 9.25. The fraction of sp³-hybridized carbons (Fsp3) is 0.250. The van der Waals surface area contributed by atoms with Crippen molar-refractivity contribution in [2.75, 3.05) is 6.54 Å². The predicted octanol–water partition coefficient (Wildman–Crippen LogP) is 2.29. The van der Waals surface area contributed by atoms with Gasteiger partial charge >= 0.3 is 0 Å². The minimum atomic E-state index is 0.0604. The van der Waals surface area contributed by atoms with Crippen LogP contribution in [0, 0.1) is 6.92 Å². The maximum atomic E-state index is 11.8. The van der Waals surface area contributed by atoms with Gasteiger partial charge in [0.2, 0.25) is 5.91 Å². The number of nitrogens with zero attached hydrogens (tertiary/aromatic N) is 1. The summed E-state index contributed by atoms with van der Waals surface area (Å²) in [4.78, 5) is 16.0. The van der Waals surface area contributed by atoms with E-state index in [0.717, 1.165) is 23.2 Å². The Morgan fingerprint density at radius 1 is 1.16 bits per heavy atom. The molecule has 0 aliphatic rings. The molecule has 2 rings (SSSR count). The summed E-state index contributed by atoms with van der Waals surface area (Å²) in [7, 11) is 0. The van der Waals surface area contributed by atoms with Crippen molar-refractivity contribution in [3.63, 3.8) is 0 Å². The lowest BCUT2D eigenvalue weighted by Gasteiger charge is -2.07. The van der Waals surface area contributed by atoms with Crippen molar-refractivity contribution in [3.05, 3.63) is 65.5 Å². The summed E-state index contributed by atoms with van der Waals surface area (Å²) in [5, 5.41) is 2.93. The molecule has 0 spiro atoms. The van der Waals surface area contributed by atoms with Crippen molar-refractivity contribution in [2.45, 2.75) is 19.8 Å². The Bertz CT molecular complexity index is 537. The third-order valence-corrected chi connectivity index (χ3v) is 3.04. The van der Waals surface area contributed by atoms with Gasteiger partial charge in [-0.05, 0) is 30.2 Å². The average Bonchev–Trinajstić information content (AvgIpc) is 2.43. The van der Waals surface area contributed by atoms with E-state index in [9.17, 15) is 4.79 Å². The maximum absolute atomic E-state index is 11.8. The zero-order valence-electron chi connectivity index (χ0n) is 11.1. The number of hydrogen-bond donors (Lipinski definition) is 1. The molecule has 1 amide bonds. The first-order valence-electron chi connectivity index (χ1n) is 6.47. The van der Waals surface area contributed by atoms with Crippen molar-refractivity contribution < 1.29 is 4.79 Å². The van der Waals surface area contributed by atoms with E-state index in [4.69, 9.17) is 0 Å². The van der Waals surface area contributed by atoms with E-state index < -0.39 is 0 Å². The normalized spacial score (nSPS) is 10.2. The summed E-state index contributed by atoms with van der Waals surface area (Å²) in [6, 6.07) is 13.8. The highest BCUT2D eigenvalue weighted by atomic mass is 16.1. The molecule has 98 valence electrons. The smallest absolute Gasteiger partial charge is 0.224 e. The van der Waals surface area contributed by atoms with Crippen molar-refractivity contribution in [1.29, 1.82) is 0 Å². The molecule has 1 N–H and O–H groups in total. The van der Waals surface area contributed by atoms with Crippen molar-refractivity contribution in [2.24, 2.45) is 0 Å². The lowest BCUT2D eigenvalue weighted by atomic mass is 10.1. The molecule has 0 radical (unpaired) electrons. The van der Waals surface area contributed by atoms with Gasteiger partial charge in [0.05, 0.1) is 6.42 Å². The number of carbonyl (C=O) groups is 1. The number of pyridine rings is 1. The summed E-state index contributed by atoms with van der Waals surface area (Å²) in [5.74, 6) is 0.0604. The van der Waals surface area contributed by atoms with E-state index in [1.165, 1.54) is 0 Å². The van der Waals surface area contributed by atoms with Gasteiger partial charge in [0, 0.05) is 24.9 Å². The zero-order valence-corrected chi connectivity index (χ0v) is 11.1. The van der Waals surface area contributed by atoms with Crippen LogP contribution in [0.2, 0.25) is 0 Å². The minimum absolute atomic E-state index is 0.0604. The molecular formula is C16H18N2O. The highest BCUT2D eigenvalue weighted by molar-refractivity contribution is 5.78. The van der Waals surface area contributed by atoms with Crippen LogP contribution in [0.4, 0.5) is 0 Å². The Morgan fingerprint density at radius 2 is 1.95 bits per heavy atom. The van der Waals surface area contributed by atoms with Gasteiger partial charge in [-0.15, -0.1) is 0 Å². The quantitative estimate of drug-likeness (QED) is 0.889. The number of hydrogen-bond acceptors (Lipinski definition) is 2. The van der Waals surface area contributed by atoms with Crippen LogP contribution in [0.5, 0.6) is 0 Å². The molecule has 0 saturated carbocycles. The zero-order chi connectivity index (χ0) is 13.5. The maximum Gasteiger partial charge on any atom is 0.224 e. The third-order valence-electron chi connectivity index (χ3n) is 3.04. The molecule has 3 nitrogen and oxygen atoms in total. The van der Waals surface area contributed by atoms with Crippen molar-refractivity contribution in [1.82, 2.24) is 10.3 Å². The molecule has 1 aromatic heterocycles. The average molecular weight is 254 g/mol. The summed E-state index contributed by atoms with van der Waals surface area (Å²) in [6.07, 6.45) is 2.97. The SMILES string of the molecule is Cc1ccccc1CC(=O)NCCc1ccccn1. The van der Waals surface area contributed by atoms with Crippen LogP contribution in [-0.4, -0.2) is 17.4 Å². The summed E-state index contributed by atoms with van der Waals surface area (Å²) in [6.45, 7) is 2.65. The van der Waals surface area contributed by atoms with Gasteiger partial charge < -0.3 is 5.32 Å². The van der Waals surface area contributed by atoms with Gasteiger partial charge in [-0.3, -0.25) is 9.78 Å². The summed E-state index contributed by atoms with van der Waals surface area (Å²) < 4.78 is 0. The molecule has 2 aromatic rings. The molecule has 0 saturated heterocycles. The Morgan fingerprint density at radius 3 is 2.68 bits per heavy atom. The molecule has 0 fully saturated rings. The third kappa shape index (κ3) is 4.21. The number of amides is 1. The minimum Gasteiger partial charge on any atom is -0.355 e. The standard InChI is InChI=1S/C16H18N2O/c1-13-6-2-3-7-14(13)12-16(19)18-11-9-15-8-4-5-10-17-15/h2-8,10H,9,11-12H2,1H3,(H,18,19). The molecule has 0 unspecified atom stereocenters. The van der Waals surface area contributed by atoms with E-state index in [1.807, 2.05) is 49.4 Å². The van der Waals surface area contributed by atoms with E-state index in [1.54, 1.807) is 6.20 Å². The molecule has 3 heteroatoms. The number of aromatic nitrogens is 1. The Labute approximate surface area is 113 Å². The molecule has 0 aliphatic heterocycles. The molecular weight excluding hydrogens is 236 g/mol. The lowest BCUT2D eigenvalue weighted by Crippen LogP contribution is -2.27. The molecule has 0 atom stereocenters. The monoisotopic (exact) mass is 254 g/mol. The topological polar surface area (TPSA) is 42.0 Å². The second kappa shape index (κ2) is 6.69. The highest BCUT2D eigenvalue weighted by Gasteiger charge is 2.04. The van der Waals surface area contributed by atoms with Crippen LogP contribution in [0.15, 0.2) is 48.7 Å². The second-order valence-electron chi connectivity index (χ2n) is 4.52. The first kappa shape index (κ1) is 13.3. The van der Waals surface area contributed by atoms with E-state index in [2.05, 4.69) is 10.3 Å². The van der Waals surface area contributed by atoms with Gasteiger partial charge in [-0.25, -0.2) is 0 Å². The number of rotatable bonds is 5. The fourth-order valence-electron chi connectivity index (χ4n) is 1.92. The first-order valence-corrected chi connectivity index (χ1v) is 6.47. The Hall–Kier alpha value is -2.16. The number of carbonyl (C=O) groups excluding carboxylic acids is 1. The van der Waals surface area contributed by atoms with Crippen LogP contribution in [0.3, 0.4) is 0 Å². The van der Waals surface area contributed by atoms with E-state index in [-0.39, 0.29) is 5.91 Å². The number of benzene rings is 1. The Kier molecular flexibility index (Phi) is 4.67. The highest BCUT2D eigenvalue weighted by Crippen LogP contribution is 2.07. The van der Waals surface area contributed by atoms with Crippen LogP contribution < -0.4 is 5.32 Å². The molecule has 0 bridgehead atoms. The molecule has 19 heavy (non-hydrogen) atoms. The van der Waals surface area contributed by atoms with Crippen LogP contribution in [0.1, 0.15) is 16.8 Å². The number of nitrogens with one attached hydrogen (secondary N) is 1. The summed E-state index contributed by atoms with van der Waals surface area (Å²) in [5.41, 5.74) is 3.24. The van der Waals surface area contributed by atoms with Gasteiger partial charge in [0.25, 0.3) is 0 Å².